The zero-order chi connectivity index (χ0) is 25.8. The highest BCUT2D eigenvalue weighted by Gasteiger charge is 2.43. The van der Waals surface area contributed by atoms with Crippen molar-refractivity contribution in [3.8, 4) is 5.75 Å². The molecule has 1 N–H and O–H groups in total. The smallest absolute Gasteiger partial charge is 0.257 e. The highest BCUT2D eigenvalue weighted by Crippen LogP contribution is 2.43. The number of benzene rings is 2. The van der Waals surface area contributed by atoms with Crippen LogP contribution in [-0.4, -0.2) is 44.2 Å². The van der Waals surface area contributed by atoms with Crippen LogP contribution in [0, 0.1) is 0 Å². The average molecular weight is 492 g/mol. The molecule has 3 rings (SSSR count). The number of rotatable bonds is 16. The third-order valence-corrected chi connectivity index (χ3v) is 6.39. The first-order chi connectivity index (χ1) is 17.6. The van der Waals surface area contributed by atoms with Crippen molar-refractivity contribution in [2.24, 2.45) is 0 Å². The van der Waals surface area contributed by atoms with Crippen molar-refractivity contribution in [3.63, 3.8) is 0 Å². The fraction of sp³-hybridized carbons (Fsp3) is 0.433. The minimum Gasteiger partial charge on any atom is -0.497 e. The Balaban J connectivity index is 1.58. The molecule has 2 aromatic rings. The van der Waals surface area contributed by atoms with Crippen LogP contribution in [0.25, 0.3) is 0 Å². The van der Waals surface area contributed by atoms with Gasteiger partial charge in [0, 0.05) is 17.8 Å². The standard InChI is InChI=1S/C30H41N3O3/c1-5-7-19-32(20-8-6-2)21-12-22-36-31-24(3)23-28-29(25-13-10-9-11-14-25)33(30(28)34)26-15-17-27(35-4)18-16-26/h9-11,13-18,23,29,31H,3,5-8,12,19-22H2,1-2,4H3. The molecule has 1 saturated heterocycles. The van der Waals surface area contributed by atoms with Gasteiger partial charge in [0.05, 0.1) is 25.5 Å². The third-order valence-electron chi connectivity index (χ3n) is 6.39. The van der Waals surface area contributed by atoms with Crippen LogP contribution in [0.3, 0.4) is 0 Å². The SMILES string of the molecule is C=C(C=C1C(=O)N(c2ccc(OC)cc2)C1c1ccccc1)NOCCCN(CCCC)CCCC. The molecule has 0 bridgehead atoms. The molecule has 0 aliphatic carbocycles. The fourth-order valence-corrected chi connectivity index (χ4v) is 4.38. The number of allylic oxidation sites excluding steroid dienone is 1. The number of hydrogen-bond donors (Lipinski definition) is 1. The van der Waals surface area contributed by atoms with Gasteiger partial charge in [-0.3, -0.25) is 20.0 Å². The van der Waals surface area contributed by atoms with Crippen LogP contribution in [0.5, 0.6) is 5.75 Å². The molecule has 0 radical (unpaired) electrons. The zero-order valence-corrected chi connectivity index (χ0v) is 22.0. The van der Waals surface area contributed by atoms with Crippen LogP contribution in [-0.2, 0) is 9.63 Å². The normalized spacial score (nSPS) is 16.3. The molecule has 36 heavy (non-hydrogen) atoms. The second kappa shape index (κ2) is 14.5. The van der Waals surface area contributed by atoms with E-state index in [0.29, 0.717) is 17.9 Å². The Morgan fingerprint density at radius 3 is 2.25 bits per heavy atom. The zero-order valence-electron chi connectivity index (χ0n) is 22.0. The second-order valence-corrected chi connectivity index (χ2v) is 9.16. The molecule has 6 heteroatoms. The molecule has 0 aromatic heterocycles. The van der Waals surface area contributed by atoms with E-state index in [2.05, 4.69) is 30.8 Å². The number of unbranched alkanes of at least 4 members (excludes halogenated alkanes) is 2. The number of nitrogens with zero attached hydrogens (tertiary/aromatic N) is 2. The average Bonchev–Trinajstić information content (AvgIpc) is 2.91. The van der Waals surface area contributed by atoms with Crippen LogP contribution < -0.4 is 15.1 Å². The van der Waals surface area contributed by atoms with Gasteiger partial charge in [0.15, 0.2) is 0 Å². The largest absolute Gasteiger partial charge is 0.497 e. The van der Waals surface area contributed by atoms with Gasteiger partial charge in [0.1, 0.15) is 5.75 Å². The predicted octanol–water partition coefficient (Wildman–Crippen LogP) is 6.04. The molecule has 1 fully saturated rings. The number of β-lactam (4-membered cyclic amide) rings is 1. The Kier molecular flexibility index (Phi) is 11.0. The molecule has 0 saturated carbocycles. The highest BCUT2D eigenvalue weighted by atomic mass is 16.6. The number of carbonyl (C=O) groups is 1. The quantitative estimate of drug-likeness (QED) is 0.134. The Morgan fingerprint density at radius 2 is 1.64 bits per heavy atom. The Hall–Kier alpha value is -3.09. The lowest BCUT2D eigenvalue weighted by Gasteiger charge is -2.43. The molecule has 1 aliphatic rings. The summed E-state index contributed by atoms with van der Waals surface area (Å²) in [7, 11) is 1.63. The van der Waals surface area contributed by atoms with Crippen molar-refractivity contribution in [2.45, 2.75) is 52.0 Å². The van der Waals surface area contributed by atoms with Crippen LogP contribution >= 0.6 is 0 Å². The van der Waals surface area contributed by atoms with Gasteiger partial charge >= 0.3 is 0 Å². The van der Waals surface area contributed by atoms with E-state index in [1.165, 1.54) is 25.7 Å². The Morgan fingerprint density at radius 1 is 1.00 bits per heavy atom. The van der Waals surface area contributed by atoms with E-state index in [1.54, 1.807) is 18.1 Å². The van der Waals surface area contributed by atoms with Crippen LogP contribution in [0.2, 0.25) is 0 Å². The molecule has 0 spiro atoms. The molecular weight excluding hydrogens is 450 g/mol. The topological polar surface area (TPSA) is 54.0 Å². The van der Waals surface area contributed by atoms with Gasteiger partial charge in [-0.05, 0) is 68.3 Å². The monoisotopic (exact) mass is 491 g/mol. The molecule has 194 valence electrons. The second-order valence-electron chi connectivity index (χ2n) is 9.16. The van der Waals surface area contributed by atoms with Gasteiger partial charge in [-0.15, -0.1) is 0 Å². The van der Waals surface area contributed by atoms with E-state index in [0.717, 1.165) is 43.1 Å². The van der Waals surface area contributed by atoms with Crippen LogP contribution in [0.15, 0.2) is 78.5 Å². The third kappa shape index (κ3) is 7.45. The van der Waals surface area contributed by atoms with Crippen LogP contribution in [0.1, 0.15) is 57.6 Å². The first-order valence-corrected chi connectivity index (χ1v) is 13.1. The molecule has 1 aliphatic heterocycles. The number of hydroxylamine groups is 1. The lowest BCUT2D eigenvalue weighted by atomic mass is 9.86. The van der Waals surface area contributed by atoms with E-state index in [-0.39, 0.29) is 11.9 Å². The first-order valence-electron chi connectivity index (χ1n) is 13.1. The van der Waals surface area contributed by atoms with Crippen molar-refractivity contribution in [1.82, 2.24) is 10.4 Å². The van der Waals surface area contributed by atoms with Gasteiger partial charge < -0.3 is 9.64 Å². The predicted molar refractivity (Wildman–Crippen MR) is 147 cm³/mol. The molecule has 1 amide bonds. The number of nitrogens with one attached hydrogen (secondary N) is 1. The van der Waals surface area contributed by atoms with E-state index in [9.17, 15) is 4.79 Å². The first kappa shape index (κ1) is 27.5. The molecule has 1 unspecified atom stereocenters. The summed E-state index contributed by atoms with van der Waals surface area (Å²) in [5, 5.41) is 0. The Labute approximate surface area is 216 Å². The van der Waals surface area contributed by atoms with Gasteiger partial charge in [0.25, 0.3) is 5.91 Å². The van der Waals surface area contributed by atoms with Gasteiger partial charge in [-0.25, -0.2) is 0 Å². The molecule has 6 nitrogen and oxygen atoms in total. The fourth-order valence-electron chi connectivity index (χ4n) is 4.38. The maximum atomic E-state index is 13.2. The van der Waals surface area contributed by atoms with Crippen molar-refractivity contribution >= 4 is 11.6 Å². The molecular formula is C30H41N3O3. The summed E-state index contributed by atoms with van der Waals surface area (Å²) in [6.07, 6.45) is 7.64. The van der Waals surface area contributed by atoms with Crippen molar-refractivity contribution in [1.29, 1.82) is 0 Å². The molecule has 1 atom stereocenters. The number of anilines is 1. The summed E-state index contributed by atoms with van der Waals surface area (Å²) < 4.78 is 5.26. The maximum Gasteiger partial charge on any atom is 0.257 e. The van der Waals surface area contributed by atoms with E-state index >= 15 is 0 Å². The number of carbonyl (C=O) groups excluding carboxylic acids is 1. The lowest BCUT2D eigenvalue weighted by Crippen LogP contribution is -2.49. The number of ether oxygens (including phenoxy) is 1. The lowest BCUT2D eigenvalue weighted by molar-refractivity contribution is -0.119. The number of methoxy groups -OCH3 is 1. The maximum absolute atomic E-state index is 13.2. The van der Waals surface area contributed by atoms with Crippen molar-refractivity contribution in [2.75, 3.05) is 38.3 Å². The van der Waals surface area contributed by atoms with Crippen LogP contribution in [0.4, 0.5) is 5.69 Å². The van der Waals surface area contributed by atoms with E-state index in [4.69, 9.17) is 9.57 Å². The minimum absolute atomic E-state index is 0.0422. The van der Waals surface area contributed by atoms with Crippen molar-refractivity contribution < 1.29 is 14.4 Å². The highest BCUT2D eigenvalue weighted by molar-refractivity contribution is 6.15. The molecule has 2 aromatic carbocycles. The summed E-state index contributed by atoms with van der Waals surface area (Å²) in [5.41, 5.74) is 6.06. The van der Waals surface area contributed by atoms with Crippen molar-refractivity contribution in [3.05, 3.63) is 84.1 Å². The summed E-state index contributed by atoms with van der Waals surface area (Å²) in [4.78, 5) is 23.2. The summed E-state index contributed by atoms with van der Waals surface area (Å²) >= 11 is 0. The van der Waals surface area contributed by atoms with E-state index < -0.39 is 0 Å². The number of hydrogen-bond acceptors (Lipinski definition) is 5. The summed E-state index contributed by atoms with van der Waals surface area (Å²) in [6, 6.07) is 17.4. The summed E-state index contributed by atoms with van der Waals surface area (Å²) in [5.74, 6) is 0.715. The number of amides is 1. The summed E-state index contributed by atoms with van der Waals surface area (Å²) in [6.45, 7) is 12.4. The minimum atomic E-state index is -0.184. The van der Waals surface area contributed by atoms with Gasteiger partial charge in [-0.1, -0.05) is 63.6 Å². The molecule has 1 heterocycles. The van der Waals surface area contributed by atoms with E-state index in [1.807, 2.05) is 54.6 Å². The Bertz CT molecular complexity index is 980. The van der Waals surface area contributed by atoms with Gasteiger partial charge in [-0.2, -0.15) is 0 Å². The van der Waals surface area contributed by atoms with Gasteiger partial charge in [0.2, 0.25) is 0 Å².